The van der Waals surface area contributed by atoms with E-state index in [0.717, 1.165) is 24.3 Å². The van der Waals surface area contributed by atoms with E-state index in [1.54, 1.807) is 24.1 Å². The van der Waals surface area contributed by atoms with Crippen molar-refractivity contribution in [2.75, 3.05) is 18.6 Å². The van der Waals surface area contributed by atoms with Crippen LogP contribution in [0.4, 0.5) is 5.69 Å². The molecule has 114 valence electrons. The van der Waals surface area contributed by atoms with Crippen molar-refractivity contribution in [2.45, 2.75) is 38.6 Å². The summed E-state index contributed by atoms with van der Waals surface area (Å²) in [5.74, 6) is 0.662. The zero-order chi connectivity index (χ0) is 15.2. The normalized spacial score (nSPS) is 17.9. The molecule has 0 saturated carbocycles. The van der Waals surface area contributed by atoms with Crippen LogP contribution in [0.3, 0.4) is 0 Å². The van der Waals surface area contributed by atoms with E-state index < -0.39 is 6.04 Å². The van der Waals surface area contributed by atoms with Crippen LogP contribution in [-0.2, 0) is 9.59 Å². The summed E-state index contributed by atoms with van der Waals surface area (Å²) in [4.78, 5) is 25.9. The predicted molar refractivity (Wildman–Crippen MR) is 81.4 cm³/mol. The first-order valence-electron chi connectivity index (χ1n) is 7.41. The van der Waals surface area contributed by atoms with Gasteiger partial charge in [0.2, 0.25) is 11.8 Å². The molecule has 1 aromatic carbocycles. The predicted octanol–water partition coefficient (Wildman–Crippen LogP) is 2.11. The molecule has 1 atom stereocenters. The van der Waals surface area contributed by atoms with Crippen molar-refractivity contribution >= 4 is 17.5 Å². The second-order valence-electron chi connectivity index (χ2n) is 5.16. The smallest absolute Gasteiger partial charge is 0.243 e. The van der Waals surface area contributed by atoms with Crippen LogP contribution < -0.4 is 15.0 Å². The van der Waals surface area contributed by atoms with Crippen LogP contribution in [0.1, 0.15) is 32.6 Å². The molecule has 1 heterocycles. The lowest BCUT2D eigenvalue weighted by Gasteiger charge is -2.24. The fourth-order valence-electron chi connectivity index (χ4n) is 2.50. The molecule has 2 amide bonds. The quantitative estimate of drug-likeness (QED) is 0.816. The first-order chi connectivity index (χ1) is 10.2. The number of nitrogens with zero attached hydrogens (tertiary/aromatic N) is 1. The molecule has 0 radical (unpaired) electrons. The first kappa shape index (κ1) is 15.4. The van der Waals surface area contributed by atoms with E-state index in [1.165, 1.54) is 0 Å². The number of nitrogens with one attached hydrogen (secondary N) is 1. The number of rotatable bonds is 6. The zero-order valence-corrected chi connectivity index (χ0v) is 12.6. The van der Waals surface area contributed by atoms with Gasteiger partial charge in [0.15, 0.2) is 0 Å². The van der Waals surface area contributed by atoms with Crippen LogP contribution in [0.2, 0.25) is 0 Å². The summed E-state index contributed by atoms with van der Waals surface area (Å²) in [5.41, 5.74) is 0.744. The second kappa shape index (κ2) is 7.11. The van der Waals surface area contributed by atoms with Gasteiger partial charge in [-0.2, -0.15) is 0 Å². The Kier molecular flexibility index (Phi) is 5.20. The Morgan fingerprint density at radius 2 is 2.10 bits per heavy atom. The molecule has 1 fully saturated rings. The van der Waals surface area contributed by atoms with E-state index in [9.17, 15) is 9.59 Å². The molecule has 1 unspecified atom stereocenters. The largest absolute Gasteiger partial charge is 0.497 e. The van der Waals surface area contributed by atoms with Crippen molar-refractivity contribution < 1.29 is 14.3 Å². The Labute approximate surface area is 125 Å². The van der Waals surface area contributed by atoms with Gasteiger partial charge in [0.25, 0.3) is 0 Å². The average Bonchev–Trinajstić information content (AvgIpc) is 2.89. The molecule has 1 aliphatic rings. The number of carbonyl (C=O) groups is 2. The minimum atomic E-state index is -0.400. The molecule has 1 aliphatic heterocycles. The van der Waals surface area contributed by atoms with Crippen molar-refractivity contribution in [1.82, 2.24) is 5.32 Å². The first-order valence-corrected chi connectivity index (χ1v) is 7.41. The van der Waals surface area contributed by atoms with Crippen molar-refractivity contribution in [2.24, 2.45) is 0 Å². The number of amides is 2. The Morgan fingerprint density at radius 1 is 1.38 bits per heavy atom. The second-order valence-corrected chi connectivity index (χ2v) is 5.16. The van der Waals surface area contributed by atoms with Crippen molar-refractivity contribution in [3.05, 3.63) is 24.3 Å². The zero-order valence-electron chi connectivity index (χ0n) is 12.6. The number of carbonyl (C=O) groups excluding carboxylic acids is 2. The number of hydrogen-bond acceptors (Lipinski definition) is 3. The Morgan fingerprint density at radius 3 is 2.71 bits per heavy atom. The van der Waals surface area contributed by atoms with Gasteiger partial charge in [0.1, 0.15) is 11.8 Å². The minimum Gasteiger partial charge on any atom is -0.497 e. The lowest BCUT2D eigenvalue weighted by molar-refractivity contribution is -0.123. The maximum absolute atomic E-state index is 12.2. The number of unbranched alkanes of at least 4 members (excludes halogenated alkanes) is 1. The highest BCUT2D eigenvalue weighted by atomic mass is 16.5. The third-order valence-electron chi connectivity index (χ3n) is 3.69. The van der Waals surface area contributed by atoms with Crippen LogP contribution in [-0.4, -0.2) is 31.5 Å². The lowest BCUT2D eigenvalue weighted by Crippen LogP contribution is -2.45. The highest BCUT2D eigenvalue weighted by Crippen LogP contribution is 2.28. The van der Waals surface area contributed by atoms with E-state index in [1.807, 2.05) is 12.1 Å². The summed E-state index contributed by atoms with van der Waals surface area (Å²) in [6, 6.07) is 6.82. The van der Waals surface area contributed by atoms with E-state index in [0.29, 0.717) is 19.4 Å². The summed E-state index contributed by atoms with van der Waals surface area (Å²) < 4.78 is 5.12. The molecule has 2 rings (SSSR count). The molecule has 5 nitrogen and oxygen atoms in total. The highest BCUT2D eigenvalue weighted by Gasteiger charge is 2.36. The molecule has 1 N–H and O–H groups in total. The molecular formula is C16H22N2O3. The van der Waals surface area contributed by atoms with Crippen LogP contribution in [0.5, 0.6) is 5.75 Å². The van der Waals surface area contributed by atoms with E-state index in [4.69, 9.17) is 4.74 Å². The maximum atomic E-state index is 12.2. The topological polar surface area (TPSA) is 58.6 Å². The van der Waals surface area contributed by atoms with Gasteiger partial charge in [-0.25, -0.2) is 0 Å². The van der Waals surface area contributed by atoms with Gasteiger partial charge >= 0.3 is 0 Å². The van der Waals surface area contributed by atoms with Crippen molar-refractivity contribution in [3.8, 4) is 5.75 Å². The van der Waals surface area contributed by atoms with Gasteiger partial charge < -0.3 is 10.1 Å². The van der Waals surface area contributed by atoms with Crippen LogP contribution in [0.15, 0.2) is 24.3 Å². The molecule has 5 heteroatoms. The van der Waals surface area contributed by atoms with Crippen molar-refractivity contribution in [1.29, 1.82) is 0 Å². The highest BCUT2D eigenvalue weighted by molar-refractivity contribution is 6.03. The van der Waals surface area contributed by atoms with Gasteiger partial charge in [0.05, 0.1) is 7.11 Å². The number of ether oxygens (including phenoxy) is 1. The fraction of sp³-hybridized carbons (Fsp3) is 0.500. The van der Waals surface area contributed by atoms with Crippen LogP contribution in [0.25, 0.3) is 0 Å². The van der Waals surface area contributed by atoms with Crippen LogP contribution in [0, 0.1) is 0 Å². The van der Waals surface area contributed by atoms with Gasteiger partial charge in [-0.05, 0) is 37.1 Å². The number of hydrogen-bond donors (Lipinski definition) is 1. The third-order valence-corrected chi connectivity index (χ3v) is 3.69. The number of anilines is 1. The summed E-state index contributed by atoms with van der Waals surface area (Å²) in [6.07, 6.45) is 2.97. The maximum Gasteiger partial charge on any atom is 0.243 e. The van der Waals surface area contributed by atoms with Crippen molar-refractivity contribution in [3.63, 3.8) is 0 Å². The van der Waals surface area contributed by atoms with E-state index in [2.05, 4.69) is 12.2 Å². The SMILES string of the molecule is CCCCNC(=O)C1CCC(=O)N1c1ccc(OC)cc1. The monoisotopic (exact) mass is 290 g/mol. The summed E-state index contributed by atoms with van der Waals surface area (Å²) in [7, 11) is 1.60. The summed E-state index contributed by atoms with van der Waals surface area (Å²) in [5, 5.41) is 2.91. The molecule has 1 aromatic rings. The lowest BCUT2D eigenvalue weighted by atomic mass is 10.2. The van der Waals surface area contributed by atoms with Gasteiger partial charge in [-0.15, -0.1) is 0 Å². The average molecular weight is 290 g/mol. The van der Waals surface area contributed by atoms with Gasteiger partial charge in [0, 0.05) is 18.7 Å². The number of benzene rings is 1. The van der Waals surface area contributed by atoms with E-state index >= 15 is 0 Å². The minimum absolute atomic E-state index is 0.00388. The molecule has 0 aromatic heterocycles. The summed E-state index contributed by atoms with van der Waals surface area (Å²) in [6.45, 7) is 2.74. The van der Waals surface area contributed by atoms with Gasteiger partial charge in [-0.1, -0.05) is 13.3 Å². The Balaban J connectivity index is 2.10. The molecule has 0 bridgehead atoms. The Bertz CT molecular complexity index is 499. The van der Waals surface area contributed by atoms with Crippen LogP contribution >= 0.6 is 0 Å². The molecular weight excluding hydrogens is 268 g/mol. The molecule has 1 saturated heterocycles. The van der Waals surface area contributed by atoms with E-state index in [-0.39, 0.29) is 11.8 Å². The summed E-state index contributed by atoms with van der Waals surface area (Å²) >= 11 is 0. The number of methoxy groups -OCH3 is 1. The molecule has 0 aliphatic carbocycles. The molecule has 0 spiro atoms. The van der Waals surface area contributed by atoms with Gasteiger partial charge in [-0.3, -0.25) is 14.5 Å². The third kappa shape index (κ3) is 3.54. The molecule has 21 heavy (non-hydrogen) atoms. The fourth-order valence-corrected chi connectivity index (χ4v) is 2.50. The standard InChI is InChI=1S/C16H22N2O3/c1-3-4-11-17-16(20)14-9-10-15(19)18(14)12-5-7-13(21-2)8-6-12/h5-8,14H,3-4,9-11H2,1-2H3,(H,17,20). The Hall–Kier alpha value is -2.04.